The van der Waals surface area contributed by atoms with E-state index in [1.807, 2.05) is 0 Å². The summed E-state index contributed by atoms with van der Waals surface area (Å²) in [7, 11) is 0. The van der Waals surface area contributed by atoms with Gasteiger partial charge in [0.15, 0.2) is 0 Å². The third kappa shape index (κ3) is 7.35. The van der Waals surface area contributed by atoms with Gasteiger partial charge in [-0.05, 0) is 72.8 Å². The molecule has 244 valence electrons. The number of ether oxygens (including phenoxy) is 3. The second kappa shape index (κ2) is 12.6. The highest BCUT2D eigenvalue weighted by Crippen LogP contribution is 2.43. The number of rotatable bonds is 10. The highest BCUT2D eigenvalue weighted by Gasteiger charge is 2.43. The van der Waals surface area contributed by atoms with Crippen LogP contribution in [0.15, 0.2) is 72.8 Å². The molecule has 0 aliphatic carbocycles. The molecule has 0 saturated carbocycles. The maximum atomic E-state index is 13.8. The third-order valence-electron chi connectivity index (χ3n) is 6.13. The molecule has 0 atom stereocenters. The van der Waals surface area contributed by atoms with E-state index in [-0.39, 0.29) is 23.0 Å². The first-order valence-electron chi connectivity index (χ1n) is 12.5. The highest BCUT2D eigenvalue weighted by atomic mass is 19.4. The first-order valence-corrected chi connectivity index (χ1v) is 12.5. The van der Waals surface area contributed by atoms with Crippen LogP contribution in [0.25, 0.3) is 0 Å². The Labute approximate surface area is 257 Å². The average molecular weight is 666 g/mol. The Morgan fingerprint density at radius 2 is 0.702 bits per heavy atom. The average Bonchev–Trinajstić information content (AvgIpc) is 2.97. The van der Waals surface area contributed by atoms with Crippen molar-refractivity contribution in [1.29, 1.82) is 0 Å². The van der Waals surface area contributed by atoms with Gasteiger partial charge in [0.2, 0.25) is 0 Å². The van der Waals surface area contributed by atoms with Gasteiger partial charge in [-0.3, -0.25) is 0 Å². The molecule has 0 bridgehead atoms. The maximum absolute atomic E-state index is 13.8. The van der Waals surface area contributed by atoms with Gasteiger partial charge >= 0.3 is 36.2 Å². The third-order valence-corrected chi connectivity index (χ3v) is 6.13. The van der Waals surface area contributed by atoms with Gasteiger partial charge in [0.1, 0.15) is 45.6 Å². The van der Waals surface area contributed by atoms with Gasteiger partial charge in [0.25, 0.3) is 0 Å². The van der Waals surface area contributed by atoms with E-state index in [0.717, 1.165) is 24.3 Å². The van der Waals surface area contributed by atoms with Crippen LogP contribution in [-0.2, 0) is 12.4 Å². The molecule has 0 heterocycles. The van der Waals surface area contributed by atoms with Gasteiger partial charge in [-0.25, -0.2) is 19.2 Å². The number of carboxylic acids is 4. The van der Waals surface area contributed by atoms with Gasteiger partial charge in [-0.15, -0.1) is 0 Å². The minimum atomic E-state index is -5.30. The fourth-order valence-electron chi connectivity index (χ4n) is 4.24. The van der Waals surface area contributed by atoms with Crippen LogP contribution in [0, 0.1) is 0 Å². The van der Waals surface area contributed by atoms with E-state index < -0.39 is 81.1 Å². The van der Waals surface area contributed by atoms with Gasteiger partial charge in [-0.1, -0.05) is 0 Å². The van der Waals surface area contributed by atoms with Crippen LogP contribution in [0.4, 0.5) is 26.3 Å². The van der Waals surface area contributed by atoms with Crippen molar-refractivity contribution in [3.05, 3.63) is 106 Å². The van der Waals surface area contributed by atoms with E-state index in [0.29, 0.717) is 24.3 Å². The summed E-state index contributed by atoms with van der Waals surface area (Å²) in [6.07, 6.45) is -10.6. The normalized spacial score (nSPS) is 11.4. The van der Waals surface area contributed by atoms with E-state index in [1.54, 1.807) is 0 Å². The lowest BCUT2D eigenvalue weighted by atomic mass is 9.99. The van der Waals surface area contributed by atoms with Crippen LogP contribution in [0.3, 0.4) is 0 Å². The topological polar surface area (TPSA) is 177 Å². The fourth-order valence-corrected chi connectivity index (χ4v) is 4.24. The molecule has 0 radical (unpaired) electrons. The lowest BCUT2D eigenvalue weighted by Crippen LogP contribution is -2.18. The fraction of sp³-hybridized carbons (Fsp3) is 0.0667. The quantitative estimate of drug-likeness (QED) is 0.121. The van der Waals surface area contributed by atoms with Crippen molar-refractivity contribution in [2.24, 2.45) is 0 Å². The molecule has 11 nitrogen and oxygen atoms in total. The Morgan fingerprint density at radius 1 is 0.426 bits per heavy atom. The van der Waals surface area contributed by atoms with Crippen molar-refractivity contribution < 1.29 is 80.2 Å². The molecule has 4 aromatic carbocycles. The molecule has 47 heavy (non-hydrogen) atoms. The molecule has 4 aromatic rings. The molecule has 0 aliphatic rings. The summed E-state index contributed by atoms with van der Waals surface area (Å²) in [5.74, 6) is -10.3. The van der Waals surface area contributed by atoms with Gasteiger partial charge < -0.3 is 34.6 Å². The number of alkyl halides is 6. The summed E-state index contributed by atoms with van der Waals surface area (Å²) in [5.41, 5.74) is -8.84. The summed E-state index contributed by atoms with van der Waals surface area (Å²) in [4.78, 5) is 45.7. The zero-order valence-electron chi connectivity index (χ0n) is 22.8. The van der Waals surface area contributed by atoms with Crippen LogP contribution >= 0.6 is 0 Å². The van der Waals surface area contributed by atoms with Crippen molar-refractivity contribution in [2.45, 2.75) is 12.4 Å². The van der Waals surface area contributed by atoms with Crippen LogP contribution in [-0.4, -0.2) is 44.3 Å². The maximum Gasteiger partial charge on any atom is 0.420 e. The molecular weight excluding hydrogens is 650 g/mol. The Morgan fingerprint density at radius 3 is 0.936 bits per heavy atom. The SMILES string of the molecule is O=C(O)c1ccc(Oc2ccc(Oc3ccc(Oc4ccc(C(=O)O)c(C(=O)O)c4C(F)(F)F)cc3)cc2)c(C(F)(F)F)c1C(=O)O. The lowest BCUT2D eigenvalue weighted by molar-refractivity contribution is -0.139. The number of hydrogen-bond donors (Lipinski definition) is 4. The van der Waals surface area contributed by atoms with E-state index in [9.17, 15) is 55.7 Å². The van der Waals surface area contributed by atoms with Crippen molar-refractivity contribution >= 4 is 23.9 Å². The Bertz CT molecular complexity index is 1740. The minimum Gasteiger partial charge on any atom is -0.478 e. The van der Waals surface area contributed by atoms with E-state index >= 15 is 0 Å². The smallest absolute Gasteiger partial charge is 0.420 e. The second-order valence-corrected chi connectivity index (χ2v) is 9.19. The molecule has 0 spiro atoms. The zero-order valence-corrected chi connectivity index (χ0v) is 22.8. The molecule has 0 unspecified atom stereocenters. The molecular formula is C30H16F6O11. The highest BCUT2D eigenvalue weighted by molar-refractivity contribution is 6.04. The van der Waals surface area contributed by atoms with Gasteiger partial charge in [0.05, 0.1) is 22.3 Å². The molecule has 0 saturated heterocycles. The number of aromatic carboxylic acids is 4. The minimum absolute atomic E-state index is 0.0873. The molecule has 0 fully saturated rings. The summed E-state index contributed by atoms with van der Waals surface area (Å²) in [5, 5.41) is 36.9. The largest absolute Gasteiger partial charge is 0.478 e. The molecule has 4 N–H and O–H groups in total. The van der Waals surface area contributed by atoms with Gasteiger partial charge in [0, 0.05) is 0 Å². The summed E-state index contributed by atoms with van der Waals surface area (Å²) in [6.45, 7) is 0. The number of hydrogen-bond acceptors (Lipinski definition) is 7. The predicted octanol–water partition coefficient (Wildman–Crippen LogP) is 7.89. The van der Waals surface area contributed by atoms with E-state index in [2.05, 4.69) is 0 Å². The first-order chi connectivity index (χ1) is 21.9. The number of halogens is 6. The predicted molar refractivity (Wildman–Crippen MR) is 144 cm³/mol. The number of carboxylic acid groups (broad SMARTS) is 4. The molecule has 0 aromatic heterocycles. The van der Waals surface area contributed by atoms with E-state index in [1.165, 1.54) is 24.3 Å². The van der Waals surface area contributed by atoms with Crippen molar-refractivity contribution in [1.82, 2.24) is 0 Å². The van der Waals surface area contributed by atoms with Crippen LogP contribution in [0.1, 0.15) is 52.6 Å². The number of carbonyl (C=O) groups is 4. The van der Waals surface area contributed by atoms with Crippen LogP contribution in [0.5, 0.6) is 34.5 Å². The van der Waals surface area contributed by atoms with Crippen molar-refractivity contribution in [2.75, 3.05) is 0 Å². The van der Waals surface area contributed by atoms with Crippen molar-refractivity contribution in [3.8, 4) is 34.5 Å². The monoisotopic (exact) mass is 666 g/mol. The Balaban J connectivity index is 1.54. The standard InChI is InChI=1S/C30H16F6O11/c31-29(32,33)23-19(11-9-17(25(37)38)21(23)27(41)42)46-15-5-1-13(2-6-15)45-14-3-7-16(8-4-14)47-20-12-10-18(26(39)40)22(28(43)44)24(20)30(34,35)36/h1-12H,(H,37,38)(H,39,40)(H,41,42)(H,43,44). The summed E-state index contributed by atoms with van der Waals surface area (Å²) < 4.78 is 98.7. The zero-order chi connectivity index (χ0) is 34.8. The first kappa shape index (κ1) is 33.6. The molecule has 4 rings (SSSR count). The van der Waals surface area contributed by atoms with Crippen LogP contribution < -0.4 is 14.2 Å². The summed E-state index contributed by atoms with van der Waals surface area (Å²) >= 11 is 0. The van der Waals surface area contributed by atoms with Crippen LogP contribution in [0.2, 0.25) is 0 Å². The summed E-state index contributed by atoms with van der Waals surface area (Å²) in [6, 6.07) is 12.2. The second-order valence-electron chi connectivity index (χ2n) is 9.19. The Kier molecular flexibility index (Phi) is 9.03. The van der Waals surface area contributed by atoms with Crippen molar-refractivity contribution in [3.63, 3.8) is 0 Å². The molecule has 0 aliphatic heterocycles. The number of benzene rings is 4. The van der Waals surface area contributed by atoms with Gasteiger partial charge in [-0.2, -0.15) is 26.3 Å². The van der Waals surface area contributed by atoms with E-state index in [4.69, 9.17) is 24.4 Å². The Hall–Kier alpha value is -6.26. The molecule has 17 heteroatoms. The molecule has 0 amide bonds. The lowest BCUT2D eigenvalue weighted by Gasteiger charge is -2.18.